The van der Waals surface area contributed by atoms with E-state index in [4.69, 9.17) is 14.6 Å². The van der Waals surface area contributed by atoms with Crippen LogP contribution in [0.3, 0.4) is 0 Å². The molecule has 0 spiro atoms. The highest BCUT2D eigenvalue weighted by Crippen LogP contribution is 2.30. The third kappa shape index (κ3) is 22.8. The predicted molar refractivity (Wildman–Crippen MR) is 143 cm³/mol. The van der Waals surface area contributed by atoms with Crippen LogP contribution in [0.4, 0.5) is 4.79 Å². The Morgan fingerprint density at radius 3 is 1.89 bits per heavy atom. The van der Waals surface area contributed by atoms with Crippen LogP contribution in [0.25, 0.3) is 0 Å². The van der Waals surface area contributed by atoms with Crippen molar-refractivity contribution in [1.29, 1.82) is 0 Å². The molecule has 3 N–H and O–H groups in total. The number of nitrogens with one attached hydrogen (secondary N) is 2. The number of aliphatic hydroxyl groups excluding tert-OH is 1. The van der Waals surface area contributed by atoms with Crippen LogP contribution in [0.1, 0.15) is 119 Å². The SMILES string of the molecule is CC(C)CC(C)(C)CCCOC(=O)OCCCC(C)(C)CCC(=O)NCCCCCCCNCO. The average molecular weight is 501 g/mol. The van der Waals surface area contributed by atoms with Crippen LogP contribution in [0.15, 0.2) is 0 Å². The Kier molecular flexibility index (Phi) is 19.0. The Morgan fingerprint density at radius 1 is 0.771 bits per heavy atom. The zero-order chi connectivity index (χ0) is 26.6. The van der Waals surface area contributed by atoms with Crippen LogP contribution in [0.2, 0.25) is 0 Å². The number of unbranched alkanes of at least 4 members (excludes halogenated alkanes) is 4. The third-order valence-electron chi connectivity index (χ3n) is 6.39. The van der Waals surface area contributed by atoms with E-state index in [0.29, 0.717) is 25.6 Å². The molecule has 0 aliphatic rings. The van der Waals surface area contributed by atoms with Gasteiger partial charge < -0.3 is 19.9 Å². The number of aliphatic hydroxyl groups is 1. The molecule has 208 valence electrons. The van der Waals surface area contributed by atoms with Gasteiger partial charge in [0.05, 0.1) is 19.9 Å². The average Bonchev–Trinajstić information content (AvgIpc) is 2.76. The highest BCUT2D eigenvalue weighted by atomic mass is 16.7. The molecule has 0 fully saturated rings. The Morgan fingerprint density at radius 2 is 1.31 bits per heavy atom. The van der Waals surface area contributed by atoms with E-state index < -0.39 is 6.16 Å². The summed E-state index contributed by atoms with van der Waals surface area (Å²) in [6.07, 6.45) is 11.0. The first-order valence-corrected chi connectivity index (χ1v) is 13.9. The van der Waals surface area contributed by atoms with Gasteiger partial charge in [-0.05, 0) is 74.7 Å². The standard InChI is InChI=1S/C28H56N2O5/c1-24(2)22-28(5,6)16-13-21-35-26(33)34-20-12-15-27(3,4)17-14-25(32)30-19-11-9-7-8-10-18-29-23-31/h24,29,31H,7-23H2,1-6H3,(H,30,32). The molecule has 7 heteroatoms. The molecule has 0 rings (SSSR count). The molecule has 0 aromatic heterocycles. The van der Waals surface area contributed by atoms with Gasteiger partial charge in [-0.1, -0.05) is 60.8 Å². The number of hydrogen-bond donors (Lipinski definition) is 3. The largest absolute Gasteiger partial charge is 0.508 e. The van der Waals surface area contributed by atoms with Gasteiger partial charge >= 0.3 is 6.16 Å². The van der Waals surface area contributed by atoms with Crippen molar-refractivity contribution in [3.8, 4) is 0 Å². The zero-order valence-corrected chi connectivity index (χ0v) is 23.7. The van der Waals surface area contributed by atoms with Crippen molar-refractivity contribution >= 4 is 12.1 Å². The van der Waals surface area contributed by atoms with E-state index in [-0.39, 0.29) is 23.5 Å². The van der Waals surface area contributed by atoms with Gasteiger partial charge in [0.15, 0.2) is 0 Å². The molecule has 0 aliphatic carbocycles. The van der Waals surface area contributed by atoms with Crippen LogP contribution in [0.5, 0.6) is 0 Å². The molecular weight excluding hydrogens is 444 g/mol. The van der Waals surface area contributed by atoms with Crippen molar-refractivity contribution in [2.45, 2.75) is 119 Å². The Balaban J connectivity index is 3.74. The van der Waals surface area contributed by atoms with E-state index >= 15 is 0 Å². The van der Waals surface area contributed by atoms with Gasteiger partial charge in [-0.3, -0.25) is 10.1 Å². The fourth-order valence-electron chi connectivity index (χ4n) is 4.54. The van der Waals surface area contributed by atoms with Crippen LogP contribution < -0.4 is 10.6 Å². The molecule has 0 saturated carbocycles. The van der Waals surface area contributed by atoms with E-state index in [1.165, 1.54) is 6.42 Å². The molecule has 0 aliphatic heterocycles. The second-order valence-corrected chi connectivity index (χ2v) is 11.9. The summed E-state index contributed by atoms with van der Waals surface area (Å²) in [6, 6.07) is 0. The van der Waals surface area contributed by atoms with Crippen molar-refractivity contribution in [2.24, 2.45) is 16.7 Å². The monoisotopic (exact) mass is 500 g/mol. The first kappa shape index (κ1) is 33.7. The third-order valence-corrected chi connectivity index (χ3v) is 6.39. The molecule has 0 aromatic rings. The van der Waals surface area contributed by atoms with E-state index in [0.717, 1.165) is 77.3 Å². The molecular formula is C28H56N2O5. The number of carbonyl (C=O) groups excluding carboxylic acids is 2. The molecule has 0 saturated heterocycles. The van der Waals surface area contributed by atoms with Crippen LogP contribution >= 0.6 is 0 Å². The Labute approximate surface area is 215 Å². The number of ether oxygens (including phenoxy) is 2. The topological polar surface area (TPSA) is 96.9 Å². The van der Waals surface area contributed by atoms with Crippen molar-refractivity contribution in [1.82, 2.24) is 10.6 Å². The summed E-state index contributed by atoms with van der Waals surface area (Å²) < 4.78 is 10.4. The maximum Gasteiger partial charge on any atom is 0.508 e. The molecule has 7 nitrogen and oxygen atoms in total. The molecule has 0 radical (unpaired) electrons. The van der Waals surface area contributed by atoms with Gasteiger partial charge in [0.1, 0.15) is 0 Å². The van der Waals surface area contributed by atoms with Gasteiger partial charge in [-0.15, -0.1) is 0 Å². The van der Waals surface area contributed by atoms with Crippen LogP contribution in [-0.2, 0) is 14.3 Å². The summed E-state index contributed by atoms with van der Waals surface area (Å²) in [7, 11) is 0. The summed E-state index contributed by atoms with van der Waals surface area (Å²) in [5.74, 6) is 0.781. The minimum absolute atomic E-state index is 0.0230. The van der Waals surface area contributed by atoms with E-state index in [1.807, 2.05) is 0 Å². The molecule has 0 bridgehead atoms. The molecule has 0 atom stereocenters. The smallest absolute Gasteiger partial charge is 0.434 e. The first-order chi connectivity index (χ1) is 16.5. The van der Waals surface area contributed by atoms with Crippen LogP contribution in [-0.4, -0.2) is 50.2 Å². The quantitative estimate of drug-likeness (QED) is 0.0932. The van der Waals surface area contributed by atoms with Crippen LogP contribution in [0, 0.1) is 16.7 Å². The highest BCUT2D eigenvalue weighted by molar-refractivity contribution is 5.75. The molecule has 1 amide bonds. The summed E-state index contributed by atoms with van der Waals surface area (Å²) in [4.78, 5) is 23.9. The summed E-state index contributed by atoms with van der Waals surface area (Å²) in [5, 5.41) is 14.6. The van der Waals surface area contributed by atoms with Gasteiger partial charge in [0.25, 0.3) is 0 Å². The number of amides is 1. The summed E-state index contributed by atoms with van der Waals surface area (Å²) in [6.45, 7) is 15.7. The lowest BCUT2D eigenvalue weighted by atomic mass is 9.80. The van der Waals surface area contributed by atoms with E-state index in [1.54, 1.807) is 0 Å². The molecule has 35 heavy (non-hydrogen) atoms. The Bertz CT molecular complexity index is 549. The van der Waals surface area contributed by atoms with Crippen molar-refractivity contribution < 1.29 is 24.2 Å². The maximum absolute atomic E-state index is 12.1. The summed E-state index contributed by atoms with van der Waals surface area (Å²) in [5.41, 5.74) is 0.290. The maximum atomic E-state index is 12.1. The number of rotatable bonds is 22. The van der Waals surface area contributed by atoms with Gasteiger partial charge in [-0.25, -0.2) is 4.79 Å². The summed E-state index contributed by atoms with van der Waals surface area (Å²) >= 11 is 0. The Hall–Kier alpha value is -1.34. The normalized spacial score (nSPS) is 12.1. The lowest BCUT2D eigenvalue weighted by Gasteiger charge is -2.26. The first-order valence-electron chi connectivity index (χ1n) is 13.9. The second kappa shape index (κ2) is 19.8. The fraction of sp³-hybridized carbons (Fsp3) is 0.929. The van der Waals surface area contributed by atoms with Gasteiger partial charge in [-0.2, -0.15) is 0 Å². The molecule has 0 aromatic carbocycles. The number of hydrogen-bond acceptors (Lipinski definition) is 6. The number of carbonyl (C=O) groups is 2. The minimum Gasteiger partial charge on any atom is -0.434 e. The zero-order valence-electron chi connectivity index (χ0n) is 23.7. The predicted octanol–water partition coefficient (Wildman–Crippen LogP) is 6.18. The van der Waals surface area contributed by atoms with Crippen molar-refractivity contribution in [3.05, 3.63) is 0 Å². The second-order valence-electron chi connectivity index (χ2n) is 11.9. The minimum atomic E-state index is -0.578. The van der Waals surface area contributed by atoms with E-state index in [2.05, 4.69) is 52.2 Å². The lowest BCUT2D eigenvalue weighted by molar-refractivity contribution is -0.121. The molecule has 0 unspecified atom stereocenters. The van der Waals surface area contributed by atoms with Gasteiger partial charge in [0, 0.05) is 13.0 Å². The fourth-order valence-corrected chi connectivity index (χ4v) is 4.54. The lowest BCUT2D eigenvalue weighted by Crippen LogP contribution is -2.26. The van der Waals surface area contributed by atoms with Crippen molar-refractivity contribution in [3.63, 3.8) is 0 Å². The molecule has 0 heterocycles. The van der Waals surface area contributed by atoms with Crippen molar-refractivity contribution in [2.75, 3.05) is 33.0 Å². The van der Waals surface area contributed by atoms with Gasteiger partial charge in [0.2, 0.25) is 5.91 Å². The highest BCUT2D eigenvalue weighted by Gasteiger charge is 2.20. The van der Waals surface area contributed by atoms with E-state index in [9.17, 15) is 9.59 Å².